The van der Waals surface area contributed by atoms with Gasteiger partial charge in [-0.05, 0) is 48.9 Å². The Morgan fingerprint density at radius 3 is 2.56 bits per heavy atom. The van der Waals surface area contributed by atoms with Crippen molar-refractivity contribution in [1.82, 2.24) is 0 Å². The first-order chi connectivity index (χ1) is 12.8. The molecule has 3 aromatic rings. The third kappa shape index (κ3) is 4.43. The minimum absolute atomic E-state index is 0.0711. The summed E-state index contributed by atoms with van der Waals surface area (Å²) in [6.07, 6.45) is 0. The van der Waals surface area contributed by atoms with E-state index in [0.717, 1.165) is 5.56 Å². The molecule has 0 aliphatic heterocycles. The first-order valence-electron chi connectivity index (χ1n) is 7.78. The number of hydrogen-bond acceptors (Lipinski definition) is 5. The van der Waals surface area contributed by atoms with Gasteiger partial charge in [0.25, 0.3) is 0 Å². The van der Waals surface area contributed by atoms with Gasteiger partial charge in [0, 0.05) is 22.0 Å². The van der Waals surface area contributed by atoms with Crippen molar-refractivity contribution >= 4 is 28.5 Å². The molecule has 2 aromatic carbocycles. The number of carbonyl (C=O) groups is 1. The maximum absolute atomic E-state index is 12.2. The average Bonchev–Trinajstić information content (AvgIpc) is 2.61. The average molecular weight is 395 g/mol. The van der Waals surface area contributed by atoms with Crippen LogP contribution < -0.4 is 10.4 Å². The molecule has 27 heavy (non-hydrogen) atoms. The summed E-state index contributed by atoms with van der Waals surface area (Å²) in [5, 5.41) is 1.04. The zero-order valence-corrected chi connectivity index (χ0v) is 14.8. The topological polar surface area (TPSA) is 65.7 Å². The maximum atomic E-state index is 12.2. The van der Waals surface area contributed by atoms with Gasteiger partial charge in [0.05, 0.1) is 5.56 Å². The number of alkyl halides is 2. The highest BCUT2D eigenvalue weighted by atomic mass is 35.5. The summed E-state index contributed by atoms with van der Waals surface area (Å²) in [7, 11) is 0. The molecule has 0 N–H and O–H groups in total. The Labute approximate surface area is 157 Å². The lowest BCUT2D eigenvalue weighted by Gasteiger charge is -2.09. The highest BCUT2D eigenvalue weighted by Gasteiger charge is 2.13. The number of ether oxygens (including phenoxy) is 2. The molecule has 0 fully saturated rings. The summed E-state index contributed by atoms with van der Waals surface area (Å²) in [4.78, 5) is 23.9. The van der Waals surface area contributed by atoms with E-state index in [0.29, 0.717) is 21.6 Å². The fourth-order valence-corrected chi connectivity index (χ4v) is 2.63. The Morgan fingerprint density at radius 2 is 1.89 bits per heavy atom. The molecule has 0 bridgehead atoms. The van der Waals surface area contributed by atoms with Gasteiger partial charge in [0.1, 0.15) is 17.9 Å². The summed E-state index contributed by atoms with van der Waals surface area (Å²) in [5.41, 5.74) is 1.09. The van der Waals surface area contributed by atoms with Crippen LogP contribution in [0.25, 0.3) is 11.0 Å². The molecular formula is C19H13ClF2O5. The second-order valence-electron chi connectivity index (χ2n) is 5.67. The largest absolute Gasteiger partial charge is 0.457 e. The van der Waals surface area contributed by atoms with Crippen LogP contribution in [0.1, 0.15) is 21.5 Å². The number of hydrogen-bond donors (Lipinski definition) is 0. The summed E-state index contributed by atoms with van der Waals surface area (Å²) >= 11 is 6.12. The molecule has 1 heterocycles. The second-order valence-corrected chi connectivity index (χ2v) is 6.07. The van der Waals surface area contributed by atoms with E-state index in [-0.39, 0.29) is 17.9 Å². The normalized spacial score (nSPS) is 11.0. The van der Waals surface area contributed by atoms with Crippen LogP contribution in [0, 0.1) is 6.92 Å². The van der Waals surface area contributed by atoms with Gasteiger partial charge >= 0.3 is 18.2 Å². The molecule has 0 saturated carbocycles. The Kier molecular flexibility index (Phi) is 5.41. The van der Waals surface area contributed by atoms with Crippen LogP contribution in [-0.4, -0.2) is 12.6 Å². The number of rotatable bonds is 5. The molecule has 0 radical (unpaired) electrons. The molecule has 8 heteroatoms. The van der Waals surface area contributed by atoms with E-state index >= 15 is 0 Å². The predicted octanol–water partition coefficient (Wildman–Crippen LogP) is 4.71. The molecule has 0 aliphatic rings. The molecule has 1 aromatic heterocycles. The van der Waals surface area contributed by atoms with Crippen molar-refractivity contribution in [2.45, 2.75) is 20.1 Å². The van der Waals surface area contributed by atoms with Gasteiger partial charge in [-0.15, -0.1) is 0 Å². The standard InChI is InChI=1S/C19H13ClF2O5/c1-10-6-16-14(8-15(10)20)12(7-17(23)27-16)9-25-18(24)11-2-4-13(5-3-11)26-19(21)22/h2-8,19H,9H2,1H3. The molecule has 0 aliphatic carbocycles. The zero-order chi connectivity index (χ0) is 19.6. The van der Waals surface area contributed by atoms with Gasteiger partial charge < -0.3 is 13.9 Å². The number of esters is 1. The lowest BCUT2D eigenvalue weighted by atomic mass is 10.1. The molecule has 5 nitrogen and oxygen atoms in total. The van der Waals surface area contributed by atoms with Gasteiger partial charge in [0.2, 0.25) is 0 Å². The number of carbonyl (C=O) groups excluding carboxylic acids is 1. The van der Waals surface area contributed by atoms with Crippen LogP contribution in [0.3, 0.4) is 0 Å². The van der Waals surface area contributed by atoms with Crippen LogP contribution in [0.4, 0.5) is 8.78 Å². The molecule has 3 rings (SSSR count). The molecule has 0 amide bonds. The van der Waals surface area contributed by atoms with E-state index in [9.17, 15) is 18.4 Å². The van der Waals surface area contributed by atoms with Gasteiger partial charge in [0.15, 0.2) is 0 Å². The summed E-state index contributed by atoms with van der Waals surface area (Å²) in [6, 6.07) is 9.56. The lowest BCUT2D eigenvalue weighted by molar-refractivity contribution is -0.0498. The number of aryl methyl sites for hydroxylation is 1. The first kappa shape index (κ1) is 18.8. The molecular weight excluding hydrogens is 382 g/mol. The SMILES string of the molecule is Cc1cc2oc(=O)cc(COC(=O)c3ccc(OC(F)F)cc3)c2cc1Cl. The maximum Gasteiger partial charge on any atom is 0.387 e. The fraction of sp³-hybridized carbons (Fsp3) is 0.158. The van der Waals surface area contributed by atoms with E-state index in [1.807, 2.05) is 0 Å². The Bertz CT molecular complexity index is 1040. The number of benzene rings is 2. The van der Waals surface area contributed by atoms with Gasteiger partial charge in [-0.3, -0.25) is 0 Å². The molecule has 0 atom stereocenters. The zero-order valence-electron chi connectivity index (χ0n) is 14.0. The van der Waals surface area contributed by atoms with Crippen molar-refractivity contribution < 1.29 is 27.5 Å². The van der Waals surface area contributed by atoms with E-state index in [2.05, 4.69) is 4.74 Å². The second kappa shape index (κ2) is 7.75. The van der Waals surface area contributed by atoms with Gasteiger partial charge in [-0.2, -0.15) is 8.78 Å². The quantitative estimate of drug-likeness (QED) is 0.463. The van der Waals surface area contributed by atoms with E-state index in [4.69, 9.17) is 20.8 Å². The highest BCUT2D eigenvalue weighted by molar-refractivity contribution is 6.32. The summed E-state index contributed by atoms with van der Waals surface area (Å²) in [6.45, 7) is -1.36. The molecule has 140 valence electrons. The monoisotopic (exact) mass is 394 g/mol. The van der Waals surface area contributed by atoms with Crippen LogP contribution >= 0.6 is 11.6 Å². The van der Waals surface area contributed by atoms with Crippen molar-refractivity contribution in [1.29, 1.82) is 0 Å². The first-order valence-corrected chi connectivity index (χ1v) is 8.16. The molecule has 0 unspecified atom stereocenters. The number of halogens is 3. The van der Waals surface area contributed by atoms with Crippen molar-refractivity contribution in [3.05, 3.63) is 74.6 Å². The van der Waals surface area contributed by atoms with E-state index in [1.54, 1.807) is 19.1 Å². The Hall–Kier alpha value is -2.93. The third-order valence-electron chi connectivity index (χ3n) is 3.78. The van der Waals surface area contributed by atoms with Crippen molar-refractivity contribution in [3.8, 4) is 5.75 Å². The number of fused-ring (bicyclic) bond motifs is 1. The smallest absolute Gasteiger partial charge is 0.387 e. The lowest BCUT2D eigenvalue weighted by Crippen LogP contribution is -2.08. The van der Waals surface area contributed by atoms with E-state index < -0.39 is 18.2 Å². The predicted molar refractivity (Wildman–Crippen MR) is 94.4 cm³/mol. The van der Waals surface area contributed by atoms with Crippen molar-refractivity contribution in [3.63, 3.8) is 0 Å². The fourth-order valence-electron chi connectivity index (χ4n) is 2.47. The summed E-state index contributed by atoms with van der Waals surface area (Å²) < 4.78 is 38.9. The van der Waals surface area contributed by atoms with Crippen molar-refractivity contribution in [2.24, 2.45) is 0 Å². The summed E-state index contributed by atoms with van der Waals surface area (Å²) in [5.74, 6) is -0.753. The molecule has 0 spiro atoms. The van der Waals surface area contributed by atoms with E-state index in [1.165, 1.54) is 30.3 Å². The highest BCUT2D eigenvalue weighted by Crippen LogP contribution is 2.26. The van der Waals surface area contributed by atoms with Crippen molar-refractivity contribution in [2.75, 3.05) is 0 Å². The van der Waals surface area contributed by atoms with Gasteiger partial charge in [-0.25, -0.2) is 9.59 Å². The minimum atomic E-state index is -2.95. The van der Waals surface area contributed by atoms with Crippen LogP contribution in [0.5, 0.6) is 5.75 Å². The van der Waals surface area contributed by atoms with Crippen LogP contribution in [0.15, 0.2) is 51.7 Å². The van der Waals surface area contributed by atoms with Crippen LogP contribution in [0.2, 0.25) is 5.02 Å². The Morgan fingerprint density at radius 1 is 1.19 bits per heavy atom. The van der Waals surface area contributed by atoms with Gasteiger partial charge in [-0.1, -0.05) is 11.6 Å². The minimum Gasteiger partial charge on any atom is -0.457 e. The van der Waals surface area contributed by atoms with Crippen LogP contribution in [-0.2, 0) is 11.3 Å². The third-order valence-corrected chi connectivity index (χ3v) is 4.19. The molecule has 0 saturated heterocycles. The Balaban J connectivity index is 1.79.